The first-order chi connectivity index (χ1) is 16.6. The molecule has 0 saturated carbocycles. The van der Waals surface area contributed by atoms with E-state index in [4.69, 9.17) is 4.74 Å². The van der Waals surface area contributed by atoms with E-state index >= 15 is 0 Å². The number of likely N-dealkylation sites (tertiary alicyclic amines) is 2. The summed E-state index contributed by atoms with van der Waals surface area (Å²) in [7, 11) is 0. The van der Waals surface area contributed by atoms with Crippen LogP contribution < -0.4 is 5.32 Å². The second-order valence-electron chi connectivity index (χ2n) is 9.13. The highest BCUT2D eigenvalue weighted by atomic mass is 16.5. The van der Waals surface area contributed by atoms with Crippen LogP contribution in [0.5, 0.6) is 0 Å². The molecule has 0 bridgehead atoms. The SMILES string of the molecule is O=C(NCCc1ccccc1)N1CCCC1C(=O)N1CCCC1C(O)COCc1ccccc1. The molecule has 7 heteroatoms. The van der Waals surface area contributed by atoms with Gasteiger partial charge >= 0.3 is 6.03 Å². The summed E-state index contributed by atoms with van der Waals surface area (Å²) in [5.74, 6) is -0.0553. The summed E-state index contributed by atoms with van der Waals surface area (Å²) >= 11 is 0. The van der Waals surface area contributed by atoms with E-state index in [9.17, 15) is 14.7 Å². The van der Waals surface area contributed by atoms with Crippen molar-refractivity contribution in [2.45, 2.75) is 56.9 Å². The number of carbonyl (C=O) groups is 2. The highest BCUT2D eigenvalue weighted by molar-refractivity contribution is 5.88. The Bertz CT molecular complexity index is 924. The standard InChI is InChI=1S/C27H35N3O4/c31-25(20-34-19-22-11-5-2-6-12-22)23-13-7-17-29(23)26(32)24-14-8-18-30(24)27(33)28-16-15-21-9-3-1-4-10-21/h1-6,9-12,23-25,31H,7-8,13-20H2,(H,28,33). The van der Waals surface area contributed by atoms with E-state index in [-0.39, 0.29) is 24.6 Å². The minimum absolute atomic E-state index is 0.0553. The number of aliphatic hydroxyl groups excluding tert-OH is 1. The van der Waals surface area contributed by atoms with Crippen molar-refractivity contribution >= 4 is 11.9 Å². The molecule has 3 atom stereocenters. The number of nitrogens with zero attached hydrogens (tertiary/aromatic N) is 2. The molecular weight excluding hydrogens is 430 g/mol. The van der Waals surface area contributed by atoms with E-state index in [1.807, 2.05) is 60.7 Å². The Kier molecular flexibility index (Phi) is 8.55. The highest BCUT2D eigenvalue weighted by Gasteiger charge is 2.41. The first-order valence-electron chi connectivity index (χ1n) is 12.3. The normalized spacial score (nSPS) is 21.0. The van der Waals surface area contributed by atoms with Gasteiger partial charge in [-0.15, -0.1) is 0 Å². The van der Waals surface area contributed by atoms with Gasteiger partial charge in [0.25, 0.3) is 0 Å². The monoisotopic (exact) mass is 465 g/mol. The molecule has 2 aliphatic rings. The molecule has 4 rings (SSSR count). The summed E-state index contributed by atoms with van der Waals surface area (Å²) in [6.07, 6.45) is 3.07. The number of aliphatic hydroxyl groups is 1. The van der Waals surface area contributed by atoms with Crippen LogP contribution in [0.4, 0.5) is 4.79 Å². The van der Waals surface area contributed by atoms with Crippen LogP contribution in [0, 0.1) is 0 Å². The van der Waals surface area contributed by atoms with Crippen LogP contribution in [-0.4, -0.2) is 71.3 Å². The summed E-state index contributed by atoms with van der Waals surface area (Å²) in [5.41, 5.74) is 2.22. The zero-order valence-corrected chi connectivity index (χ0v) is 19.6. The Morgan fingerprint density at radius 3 is 2.32 bits per heavy atom. The van der Waals surface area contributed by atoms with Crippen LogP contribution in [0.2, 0.25) is 0 Å². The lowest BCUT2D eigenvalue weighted by Gasteiger charge is -2.33. The second-order valence-corrected chi connectivity index (χ2v) is 9.13. The Labute approximate surface area is 201 Å². The summed E-state index contributed by atoms with van der Waals surface area (Å²) in [4.78, 5) is 29.7. The van der Waals surface area contributed by atoms with E-state index < -0.39 is 12.1 Å². The number of hydrogen-bond donors (Lipinski definition) is 2. The van der Waals surface area contributed by atoms with Gasteiger partial charge in [-0.3, -0.25) is 4.79 Å². The molecule has 0 aromatic heterocycles. The molecule has 2 N–H and O–H groups in total. The maximum Gasteiger partial charge on any atom is 0.318 e. The molecule has 2 aliphatic heterocycles. The molecule has 182 valence electrons. The maximum absolute atomic E-state index is 13.4. The Balaban J connectivity index is 1.28. The van der Waals surface area contributed by atoms with Gasteiger partial charge in [-0.1, -0.05) is 60.7 Å². The molecule has 2 aromatic rings. The van der Waals surface area contributed by atoms with Crippen LogP contribution in [0.15, 0.2) is 60.7 Å². The summed E-state index contributed by atoms with van der Waals surface area (Å²) < 4.78 is 5.73. The fraction of sp³-hybridized carbons (Fsp3) is 0.481. The van der Waals surface area contributed by atoms with Gasteiger partial charge in [0.05, 0.1) is 25.4 Å². The van der Waals surface area contributed by atoms with Crippen molar-refractivity contribution < 1.29 is 19.4 Å². The molecule has 0 radical (unpaired) electrons. The lowest BCUT2D eigenvalue weighted by molar-refractivity contribution is -0.139. The van der Waals surface area contributed by atoms with Crippen molar-refractivity contribution in [1.29, 1.82) is 0 Å². The van der Waals surface area contributed by atoms with E-state index in [0.717, 1.165) is 31.2 Å². The van der Waals surface area contributed by atoms with Gasteiger partial charge in [0.15, 0.2) is 0 Å². The third-order valence-corrected chi connectivity index (χ3v) is 6.76. The minimum atomic E-state index is -0.746. The third kappa shape index (κ3) is 6.15. The minimum Gasteiger partial charge on any atom is -0.389 e. The van der Waals surface area contributed by atoms with Crippen molar-refractivity contribution in [3.8, 4) is 0 Å². The maximum atomic E-state index is 13.4. The third-order valence-electron chi connectivity index (χ3n) is 6.76. The van der Waals surface area contributed by atoms with Crippen LogP contribution >= 0.6 is 0 Å². The van der Waals surface area contributed by atoms with Gasteiger partial charge in [-0.05, 0) is 43.2 Å². The summed E-state index contributed by atoms with van der Waals surface area (Å²) in [6, 6.07) is 18.9. The predicted molar refractivity (Wildman–Crippen MR) is 130 cm³/mol. The quantitative estimate of drug-likeness (QED) is 0.597. The van der Waals surface area contributed by atoms with E-state index in [1.165, 1.54) is 5.56 Å². The Morgan fingerprint density at radius 1 is 0.941 bits per heavy atom. The molecule has 2 heterocycles. The Hall–Kier alpha value is -2.90. The van der Waals surface area contributed by atoms with Crippen LogP contribution in [0.1, 0.15) is 36.8 Å². The smallest absolute Gasteiger partial charge is 0.318 e. The van der Waals surface area contributed by atoms with Gasteiger partial charge in [0.1, 0.15) is 6.04 Å². The molecule has 2 fully saturated rings. The van der Waals surface area contributed by atoms with Crippen molar-refractivity contribution in [1.82, 2.24) is 15.1 Å². The second kappa shape index (κ2) is 12.0. The zero-order chi connectivity index (χ0) is 23.8. The van der Waals surface area contributed by atoms with Gasteiger partial charge in [-0.2, -0.15) is 0 Å². The van der Waals surface area contributed by atoms with E-state index in [1.54, 1.807) is 9.80 Å². The fourth-order valence-electron chi connectivity index (χ4n) is 4.97. The van der Waals surface area contributed by atoms with Crippen LogP contribution in [-0.2, 0) is 22.6 Å². The van der Waals surface area contributed by atoms with Crippen molar-refractivity contribution in [2.75, 3.05) is 26.2 Å². The molecule has 2 aromatic carbocycles. The van der Waals surface area contributed by atoms with Crippen molar-refractivity contribution in [3.63, 3.8) is 0 Å². The highest BCUT2D eigenvalue weighted by Crippen LogP contribution is 2.26. The topological polar surface area (TPSA) is 82.1 Å². The first-order valence-corrected chi connectivity index (χ1v) is 12.3. The summed E-state index contributed by atoms with van der Waals surface area (Å²) in [6.45, 7) is 2.33. The number of carbonyl (C=O) groups excluding carboxylic acids is 2. The average Bonchev–Trinajstić information content (AvgIpc) is 3.55. The van der Waals surface area contributed by atoms with Crippen LogP contribution in [0.3, 0.4) is 0 Å². The first kappa shape index (κ1) is 24.2. The number of ether oxygens (including phenoxy) is 1. The number of hydrogen-bond acceptors (Lipinski definition) is 4. The van der Waals surface area contributed by atoms with Crippen molar-refractivity contribution in [3.05, 3.63) is 71.8 Å². The summed E-state index contributed by atoms with van der Waals surface area (Å²) in [5, 5.41) is 13.7. The van der Waals surface area contributed by atoms with Crippen LogP contribution in [0.25, 0.3) is 0 Å². The largest absolute Gasteiger partial charge is 0.389 e. The van der Waals surface area contributed by atoms with Crippen molar-refractivity contribution in [2.24, 2.45) is 0 Å². The number of amides is 3. The van der Waals surface area contributed by atoms with Gasteiger partial charge in [0.2, 0.25) is 5.91 Å². The molecule has 2 saturated heterocycles. The molecule has 34 heavy (non-hydrogen) atoms. The zero-order valence-electron chi connectivity index (χ0n) is 19.6. The number of nitrogens with one attached hydrogen (secondary N) is 1. The predicted octanol–water partition coefficient (Wildman–Crippen LogP) is 2.97. The van der Waals surface area contributed by atoms with E-state index in [0.29, 0.717) is 32.7 Å². The molecule has 0 aliphatic carbocycles. The molecular formula is C27H35N3O4. The fourth-order valence-corrected chi connectivity index (χ4v) is 4.97. The lowest BCUT2D eigenvalue weighted by Crippen LogP contribution is -2.54. The molecule has 3 unspecified atom stereocenters. The van der Waals surface area contributed by atoms with Gasteiger partial charge in [0, 0.05) is 19.6 Å². The Morgan fingerprint density at radius 2 is 1.59 bits per heavy atom. The lowest BCUT2D eigenvalue weighted by atomic mass is 10.1. The van der Waals surface area contributed by atoms with E-state index in [2.05, 4.69) is 5.32 Å². The molecule has 7 nitrogen and oxygen atoms in total. The molecule has 0 spiro atoms. The van der Waals surface area contributed by atoms with Gasteiger partial charge in [-0.25, -0.2) is 4.79 Å². The number of urea groups is 1. The molecule has 3 amide bonds. The average molecular weight is 466 g/mol. The van der Waals surface area contributed by atoms with Gasteiger partial charge < -0.3 is 25.0 Å². The number of benzene rings is 2. The number of rotatable bonds is 9.